The third-order valence-electron chi connectivity index (χ3n) is 4.94. The van der Waals surface area contributed by atoms with Crippen LogP contribution >= 0.6 is 0 Å². The number of nitrogens with one attached hydrogen (secondary N) is 1. The summed E-state index contributed by atoms with van der Waals surface area (Å²) in [5.74, 6) is 0.895. The van der Waals surface area contributed by atoms with Gasteiger partial charge in [0.15, 0.2) is 0 Å². The number of likely N-dealkylation sites (tertiary alicyclic amines) is 1. The molecular weight excluding hydrogens is 208 g/mol. The highest BCUT2D eigenvalue weighted by Gasteiger charge is 2.39. The highest BCUT2D eigenvalue weighted by molar-refractivity contribution is 4.93. The van der Waals surface area contributed by atoms with Crippen LogP contribution in [-0.4, -0.2) is 37.1 Å². The topological polar surface area (TPSA) is 15.3 Å². The van der Waals surface area contributed by atoms with Gasteiger partial charge in [0.05, 0.1) is 0 Å². The first-order chi connectivity index (χ1) is 8.02. The molecule has 2 fully saturated rings. The first-order valence-corrected chi connectivity index (χ1v) is 7.43. The first-order valence-electron chi connectivity index (χ1n) is 7.43. The summed E-state index contributed by atoms with van der Waals surface area (Å²) in [4.78, 5) is 2.77. The lowest BCUT2D eigenvalue weighted by Crippen LogP contribution is -2.46. The summed E-state index contributed by atoms with van der Waals surface area (Å²) in [6.07, 6.45) is 7.09. The lowest BCUT2D eigenvalue weighted by molar-refractivity contribution is 0.0546. The fourth-order valence-electron chi connectivity index (χ4n) is 3.88. The Morgan fingerprint density at radius 1 is 1.06 bits per heavy atom. The fourth-order valence-corrected chi connectivity index (χ4v) is 3.88. The molecular formula is C15H30N2. The molecule has 0 aromatic heterocycles. The van der Waals surface area contributed by atoms with Gasteiger partial charge in [-0.15, -0.1) is 0 Å². The van der Waals surface area contributed by atoms with E-state index in [9.17, 15) is 0 Å². The van der Waals surface area contributed by atoms with Gasteiger partial charge in [-0.1, -0.05) is 33.6 Å². The Morgan fingerprint density at radius 2 is 1.76 bits per heavy atom. The molecule has 3 unspecified atom stereocenters. The molecule has 1 aliphatic carbocycles. The van der Waals surface area contributed by atoms with Gasteiger partial charge in [0.25, 0.3) is 0 Å². The smallest absolute Gasteiger partial charge is 0.0204 e. The van der Waals surface area contributed by atoms with Crippen molar-refractivity contribution in [2.45, 2.75) is 65.0 Å². The SMILES string of the molecule is CNC1CCN(C2CCCCC2C(C)(C)C)C1. The van der Waals surface area contributed by atoms with E-state index in [-0.39, 0.29) is 0 Å². The van der Waals surface area contributed by atoms with Crippen LogP contribution in [0.1, 0.15) is 52.9 Å². The summed E-state index contributed by atoms with van der Waals surface area (Å²) >= 11 is 0. The molecule has 2 aliphatic rings. The van der Waals surface area contributed by atoms with E-state index in [0.29, 0.717) is 5.41 Å². The van der Waals surface area contributed by atoms with Crippen LogP contribution in [0.15, 0.2) is 0 Å². The Labute approximate surface area is 107 Å². The molecule has 0 aromatic rings. The average Bonchev–Trinajstić information content (AvgIpc) is 2.76. The van der Waals surface area contributed by atoms with E-state index in [1.807, 2.05) is 0 Å². The van der Waals surface area contributed by atoms with Crippen LogP contribution < -0.4 is 5.32 Å². The Hall–Kier alpha value is -0.0800. The quantitative estimate of drug-likeness (QED) is 0.796. The van der Waals surface area contributed by atoms with Crippen molar-refractivity contribution in [1.29, 1.82) is 0 Å². The molecule has 0 aromatic carbocycles. The lowest BCUT2D eigenvalue weighted by atomic mass is 9.69. The van der Waals surface area contributed by atoms with E-state index >= 15 is 0 Å². The van der Waals surface area contributed by atoms with Crippen LogP contribution in [0.5, 0.6) is 0 Å². The van der Waals surface area contributed by atoms with Crippen molar-refractivity contribution in [2.75, 3.05) is 20.1 Å². The Kier molecular flexibility index (Phi) is 4.14. The van der Waals surface area contributed by atoms with Gasteiger partial charge in [0.2, 0.25) is 0 Å². The third kappa shape index (κ3) is 3.03. The molecule has 0 amide bonds. The zero-order chi connectivity index (χ0) is 12.5. The Balaban J connectivity index is 2.02. The summed E-state index contributed by atoms with van der Waals surface area (Å²) < 4.78 is 0. The molecule has 1 saturated carbocycles. The summed E-state index contributed by atoms with van der Waals surface area (Å²) in [6, 6.07) is 1.58. The Bertz CT molecular complexity index is 244. The maximum absolute atomic E-state index is 3.44. The van der Waals surface area contributed by atoms with Crippen LogP contribution in [0, 0.1) is 11.3 Å². The van der Waals surface area contributed by atoms with E-state index < -0.39 is 0 Å². The fraction of sp³-hybridized carbons (Fsp3) is 1.00. The molecule has 0 bridgehead atoms. The summed E-state index contributed by atoms with van der Waals surface area (Å²) in [5.41, 5.74) is 0.475. The van der Waals surface area contributed by atoms with E-state index in [2.05, 4.69) is 38.0 Å². The normalized spacial score (nSPS) is 36.4. The van der Waals surface area contributed by atoms with Crippen molar-refractivity contribution in [1.82, 2.24) is 10.2 Å². The van der Waals surface area contributed by atoms with Crippen molar-refractivity contribution < 1.29 is 0 Å². The molecule has 1 saturated heterocycles. The summed E-state index contributed by atoms with van der Waals surface area (Å²) in [6.45, 7) is 9.88. The lowest BCUT2D eigenvalue weighted by Gasteiger charge is -2.44. The van der Waals surface area contributed by atoms with Crippen LogP contribution in [0.4, 0.5) is 0 Å². The zero-order valence-corrected chi connectivity index (χ0v) is 12.1. The molecule has 2 rings (SSSR count). The van der Waals surface area contributed by atoms with Crippen LogP contribution in [0.25, 0.3) is 0 Å². The molecule has 1 N–H and O–H groups in total. The van der Waals surface area contributed by atoms with Crippen molar-refractivity contribution in [3.05, 3.63) is 0 Å². The van der Waals surface area contributed by atoms with Gasteiger partial charge >= 0.3 is 0 Å². The maximum Gasteiger partial charge on any atom is 0.0204 e. The minimum Gasteiger partial charge on any atom is -0.316 e. The highest BCUT2D eigenvalue weighted by Crippen LogP contribution is 2.41. The van der Waals surface area contributed by atoms with Gasteiger partial charge in [-0.05, 0) is 37.6 Å². The van der Waals surface area contributed by atoms with Crippen molar-refractivity contribution in [3.63, 3.8) is 0 Å². The number of likely N-dealkylation sites (N-methyl/N-ethyl adjacent to an activating group) is 1. The monoisotopic (exact) mass is 238 g/mol. The van der Waals surface area contributed by atoms with E-state index in [1.54, 1.807) is 0 Å². The number of hydrogen-bond donors (Lipinski definition) is 1. The average molecular weight is 238 g/mol. The second-order valence-electron chi connectivity index (χ2n) is 7.09. The molecule has 0 radical (unpaired) electrons. The largest absolute Gasteiger partial charge is 0.316 e. The maximum atomic E-state index is 3.44. The minimum absolute atomic E-state index is 0.475. The molecule has 0 spiro atoms. The Morgan fingerprint density at radius 3 is 2.35 bits per heavy atom. The standard InChI is InChI=1S/C15H30N2/c1-15(2,3)13-7-5-6-8-14(13)17-10-9-12(11-17)16-4/h12-14,16H,5-11H2,1-4H3. The van der Waals surface area contributed by atoms with Gasteiger partial charge in [-0.2, -0.15) is 0 Å². The van der Waals surface area contributed by atoms with Gasteiger partial charge in [0.1, 0.15) is 0 Å². The minimum atomic E-state index is 0.475. The van der Waals surface area contributed by atoms with Crippen LogP contribution in [0.3, 0.4) is 0 Å². The predicted octanol–water partition coefficient (Wildman–Crippen LogP) is 2.89. The number of rotatable bonds is 2. The predicted molar refractivity (Wildman–Crippen MR) is 74.2 cm³/mol. The van der Waals surface area contributed by atoms with Crippen LogP contribution in [-0.2, 0) is 0 Å². The van der Waals surface area contributed by atoms with Gasteiger partial charge in [0, 0.05) is 25.2 Å². The van der Waals surface area contributed by atoms with Crippen LogP contribution in [0.2, 0.25) is 0 Å². The second kappa shape index (κ2) is 5.27. The molecule has 3 atom stereocenters. The molecule has 1 aliphatic heterocycles. The van der Waals surface area contributed by atoms with Gasteiger partial charge in [-0.3, -0.25) is 4.90 Å². The zero-order valence-electron chi connectivity index (χ0n) is 12.1. The number of hydrogen-bond acceptors (Lipinski definition) is 2. The van der Waals surface area contributed by atoms with Crippen molar-refractivity contribution in [3.8, 4) is 0 Å². The van der Waals surface area contributed by atoms with E-state index in [4.69, 9.17) is 0 Å². The molecule has 100 valence electrons. The number of nitrogens with zero attached hydrogens (tertiary/aromatic N) is 1. The van der Waals surface area contributed by atoms with E-state index in [1.165, 1.54) is 45.2 Å². The summed E-state index contributed by atoms with van der Waals surface area (Å²) in [5, 5.41) is 3.44. The van der Waals surface area contributed by atoms with E-state index in [0.717, 1.165) is 18.0 Å². The molecule has 17 heavy (non-hydrogen) atoms. The second-order valence-corrected chi connectivity index (χ2v) is 7.09. The third-order valence-corrected chi connectivity index (χ3v) is 4.94. The summed E-state index contributed by atoms with van der Waals surface area (Å²) in [7, 11) is 2.11. The molecule has 2 heteroatoms. The highest BCUT2D eigenvalue weighted by atomic mass is 15.2. The van der Waals surface area contributed by atoms with Gasteiger partial charge < -0.3 is 5.32 Å². The molecule has 1 heterocycles. The van der Waals surface area contributed by atoms with Crippen molar-refractivity contribution in [2.24, 2.45) is 11.3 Å². The van der Waals surface area contributed by atoms with Crippen molar-refractivity contribution >= 4 is 0 Å². The molecule has 2 nitrogen and oxygen atoms in total. The van der Waals surface area contributed by atoms with Gasteiger partial charge in [-0.25, -0.2) is 0 Å². The first kappa shape index (κ1) is 13.4.